The molecule has 0 amide bonds. The minimum absolute atomic E-state index is 0.00694. The number of hydrogen-bond acceptors (Lipinski definition) is 3. The van der Waals surface area contributed by atoms with Crippen LogP contribution < -0.4 is 5.73 Å². The van der Waals surface area contributed by atoms with Crippen LogP contribution in [0.25, 0.3) is 0 Å². The molecule has 0 bridgehead atoms. The third-order valence-electron chi connectivity index (χ3n) is 2.32. The minimum atomic E-state index is 0.00694. The van der Waals surface area contributed by atoms with Crippen molar-refractivity contribution in [2.24, 2.45) is 5.73 Å². The van der Waals surface area contributed by atoms with E-state index in [4.69, 9.17) is 22.1 Å². The standard InChI is InChI=1S/C9H12ClNOS/c10-9-6(3-5-13-9)8-7(11)2-1-4-12-8/h3,5,7-8H,1-2,4,11H2. The van der Waals surface area contributed by atoms with Crippen molar-refractivity contribution in [3.8, 4) is 0 Å². The third-order valence-corrected chi connectivity index (χ3v) is 3.52. The smallest absolute Gasteiger partial charge is 0.0998 e. The predicted molar refractivity (Wildman–Crippen MR) is 55.2 cm³/mol. The molecule has 0 saturated carbocycles. The van der Waals surface area contributed by atoms with Gasteiger partial charge in [0.25, 0.3) is 0 Å². The van der Waals surface area contributed by atoms with Crippen LogP contribution in [0.2, 0.25) is 4.34 Å². The van der Waals surface area contributed by atoms with E-state index in [1.54, 1.807) is 0 Å². The molecule has 0 spiro atoms. The van der Waals surface area contributed by atoms with Crippen molar-refractivity contribution in [3.63, 3.8) is 0 Å². The molecule has 2 heterocycles. The van der Waals surface area contributed by atoms with Crippen LogP contribution in [-0.4, -0.2) is 12.6 Å². The van der Waals surface area contributed by atoms with Crippen molar-refractivity contribution in [3.05, 3.63) is 21.3 Å². The van der Waals surface area contributed by atoms with Gasteiger partial charge in [0, 0.05) is 18.2 Å². The summed E-state index contributed by atoms with van der Waals surface area (Å²) in [4.78, 5) is 0. The SMILES string of the molecule is NC1CCCOC1c1ccsc1Cl. The Bertz CT molecular complexity index is 289. The number of nitrogens with two attached hydrogens (primary N) is 1. The summed E-state index contributed by atoms with van der Waals surface area (Å²) in [5.41, 5.74) is 7.01. The van der Waals surface area contributed by atoms with Gasteiger partial charge in [-0.05, 0) is 24.3 Å². The van der Waals surface area contributed by atoms with Gasteiger partial charge in [0.1, 0.15) is 0 Å². The van der Waals surface area contributed by atoms with Gasteiger partial charge in [-0.1, -0.05) is 11.6 Å². The Hall–Kier alpha value is -0.0900. The van der Waals surface area contributed by atoms with Gasteiger partial charge in [0.2, 0.25) is 0 Å². The molecule has 0 aromatic carbocycles. The normalized spacial score (nSPS) is 29.1. The zero-order valence-corrected chi connectivity index (χ0v) is 8.77. The van der Waals surface area contributed by atoms with Crippen molar-refractivity contribution in [2.45, 2.75) is 25.0 Å². The molecule has 13 heavy (non-hydrogen) atoms. The van der Waals surface area contributed by atoms with Crippen LogP contribution in [0.3, 0.4) is 0 Å². The number of halogens is 1. The van der Waals surface area contributed by atoms with Crippen LogP contribution in [0.4, 0.5) is 0 Å². The molecule has 1 aliphatic rings. The molecule has 1 fully saturated rings. The Kier molecular flexibility index (Phi) is 2.89. The molecule has 2 unspecified atom stereocenters. The summed E-state index contributed by atoms with van der Waals surface area (Å²) in [5, 5.41) is 1.97. The summed E-state index contributed by atoms with van der Waals surface area (Å²) in [5.74, 6) is 0. The third kappa shape index (κ3) is 1.89. The summed E-state index contributed by atoms with van der Waals surface area (Å²) in [6, 6.07) is 2.10. The molecule has 2 rings (SSSR count). The molecule has 1 saturated heterocycles. The first-order chi connectivity index (χ1) is 6.29. The highest BCUT2D eigenvalue weighted by atomic mass is 35.5. The Labute approximate surface area is 86.6 Å². The maximum absolute atomic E-state index is 6.02. The van der Waals surface area contributed by atoms with Gasteiger partial charge in [-0.15, -0.1) is 11.3 Å². The number of hydrogen-bond donors (Lipinski definition) is 1. The van der Waals surface area contributed by atoms with Gasteiger partial charge in [0.15, 0.2) is 0 Å². The van der Waals surface area contributed by atoms with Crippen LogP contribution in [0.5, 0.6) is 0 Å². The average molecular weight is 218 g/mol. The van der Waals surface area contributed by atoms with E-state index in [9.17, 15) is 0 Å². The quantitative estimate of drug-likeness (QED) is 0.785. The Morgan fingerprint density at radius 3 is 3.08 bits per heavy atom. The van der Waals surface area contributed by atoms with E-state index in [1.165, 1.54) is 11.3 Å². The lowest BCUT2D eigenvalue weighted by Crippen LogP contribution is -2.34. The van der Waals surface area contributed by atoms with E-state index in [0.717, 1.165) is 29.3 Å². The average Bonchev–Trinajstić information content (AvgIpc) is 2.52. The van der Waals surface area contributed by atoms with Gasteiger partial charge in [-0.2, -0.15) is 0 Å². The second kappa shape index (κ2) is 3.96. The van der Waals surface area contributed by atoms with Crippen LogP contribution in [0.1, 0.15) is 24.5 Å². The molecule has 2 atom stereocenters. The molecule has 2 nitrogen and oxygen atoms in total. The van der Waals surface area contributed by atoms with E-state index in [0.29, 0.717) is 0 Å². The second-order valence-electron chi connectivity index (χ2n) is 3.25. The first-order valence-corrected chi connectivity index (χ1v) is 5.65. The molecule has 4 heteroatoms. The van der Waals surface area contributed by atoms with Crippen molar-refractivity contribution in [1.82, 2.24) is 0 Å². The van der Waals surface area contributed by atoms with E-state index < -0.39 is 0 Å². The minimum Gasteiger partial charge on any atom is -0.372 e. The lowest BCUT2D eigenvalue weighted by atomic mass is 9.99. The predicted octanol–water partition coefficient (Wildman–Crippen LogP) is 2.58. The summed E-state index contributed by atoms with van der Waals surface area (Å²) >= 11 is 7.55. The summed E-state index contributed by atoms with van der Waals surface area (Å²) in [7, 11) is 0. The molecule has 72 valence electrons. The molecule has 2 N–H and O–H groups in total. The van der Waals surface area contributed by atoms with Crippen LogP contribution in [-0.2, 0) is 4.74 Å². The first-order valence-electron chi connectivity index (χ1n) is 4.39. The Morgan fingerprint density at radius 1 is 1.62 bits per heavy atom. The molecule has 0 radical (unpaired) electrons. The van der Waals surface area contributed by atoms with Crippen molar-refractivity contribution in [1.29, 1.82) is 0 Å². The number of rotatable bonds is 1. The molecule has 0 aliphatic carbocycles. The van der Waals surface area contributed by atoms with E-state index in [-0.39, 0.29) is 12.1 Å². The highest BCUT2D eigenvalue weighted by molar-refractivity contribution is 7.14. The fourth-order valence-corrected chi connectivity index (χ4v) is 2.61. The van der Waals surface area contributed by atoms with E-state index >= 15 is 0 Å². The van der Waals surface area contributed by atoms with E-state index in [1.807, 2.05) is 11.4 Å². The lowest BCUT2D eigenvalue weighted by Gasteiger charge is -2.28. The first kappa shape index (κ1) is 9.46. The molecule has 1 aromatic rings. The van der Waals surface area contributed by atoms with Gasteiger partial charge in [0.05, 0.1) is 10.4 Å². The summed E-state index contributed by atoms with van der Waals surface area (Å²) in [6.45, 7) is 0.796. The van der Waals surface area contributed by atoms with E-state index in [2.05, 4.69) is 0 Å². The zero-order valence-electron chi connectivity index (χ0n) is 7.20. The fourth-order valence-electron chi connectivity index (χ4n) is 1.63. The Balaban J connectivity index is 2.19. The van der Waals surface area contributed by atoms with Crippen LogP contribution in [0, 0.1) is 0 Å². The van der Waals surface area contributed by atoms with Crippen molar-refractivity contribution < 1.29 is 4.74 Å². The summed E-state index contributed by atoms with van der Waals surface area (Å²) in [6.07, 6.45) is 2.09. The number of ether oxygens (including phenoxy) is 1. The molecular weight excluding hydrogens is 206 g/mol. The van der Waals surface area contributed by atoms with Crippen molar-refractivity contribution in [2.75, 3.05) is 6.61 Å². The highest BCUT2D eigenvalue weighted by Gasteiger charge is 2.26. The maximum atomic E-state index is 6.02. The van der Waals surface area contributed by atoms with Gasteiger partial charge in [-0.3, -0.25) is 0 Å². The monoisotopic (exact) mass is 217 g/mol. The molecule has 1 aromatic heterocycles. The highest BCUT2D eigenvalue weighted by Crippen LogP contribution is 2.34. The Morgan fingerprint density at radius 2 is 2.46 bits per heavy atom. The second-order valence-corrected chi connectivity index (χ2v) is 4.77. The molecule has 1 aliphatic heterocycles. The largest absolute Gasteiger partial charge is 0.372 e. The van der Waals surface area contributed by atoms with Crippen molar-refractivity contribution >= 4 is 22.9 Å². The van der Waals surface area contributed by atoms with Crippen LogP contribution >= 0.6 is 22.9 Å². The van der Waals surface area contributed by atoms with Gasteiger partial charge in [-0.25, -0.2) is 0 Å². The van der Waals surface area contributed by atoms with Gasteiger partial charge >= 0.3 is 0 Å². The topological polar surface area (TPSA) is 35.2 Å². The van der Waals surface area contributed by atoms with Crippen LogP contribution in [0.15, 0.2) is 11.4 Å². The molecular formula is C9H12ClNOS. The maximum Gasteiger partial charge on any atom is 0.0998 e. The lowest BCUT2D eigenvalue weighted by molar-refractivity contribution is 0.000454. The number of thiophene rings is 1. The summed E-state index contributed by atoms with van der Waals surface area (Å²) < 4.78 is 6.42. The van der Waals surface area contributed by atoms with Gasteiger partial charge < -0.3 is 10.5 Å². The zero-order chi connectivity index (χ0) is 9.26. The fraction of sp³-hybridized carbons (Fsp3) is 0.556.